The molecule has 1 rings (SSSR count). The second-order valence-corrected chi connectivity index (χ2v) is 4.64. The van der Waals surface area contributed by atoms with Crippen LogP contribution < -0.4 is 5.32 Å². The highest BCUT2D eigenvalue weighted by molar-refractivity contribution is 5.21. The summed E-state index contributed by atoms with van der Waals surface area (Å²) in [5.74, 6) is 0. The first-order valence-electron chi connectivity index (χ1n) is 6.31. The molecule has 0 aromatic heterocycles. The number of benzene rings is 1. The van der Waals surface area contributed by atoms with E-state index in [0.29, 0.717) is 19.7 Å². The zero-order valence-corrected chi connectivity index (χ0v) is 11.1. The van der Waals surface area contributed by atoms with E-state index in [1.54, 1.807) is 0 Å². The maximum Gasteiger partial charge on any atom is 0.0897 e. The lowest BCUT2D eigenvalue weighted by Gasteiger charge is -2.14. The highest BCUT2D eigenvalue weighted by atomic mass is 16.5. The van der Waals surface area contributed by atoms with Crippen molar-refractivity contribution < 1.29 is 14.9 Å². The van der Waals surface area contributed by atoms with Crippen molar-refractivity contribution >= 4 is 0 Å². The molecule has 0 radical (unpaired) electrons. The van der Waals surface area contributed by atoms with Gasteiger partial charge >= 0.3 is 0 Å². The average molecular weight is 253 g/mol. The van der Waals surface area contributed by atoms with E-state index in [0.717, 1.165) is 11.1 Å². The Morgan fingerprint density at radius 1 is 1.17 bits per heavy atom. The van der Waals surface area contributed by atoms with Gasteiger partial charge in [0.1, 0.15) is 0 Å². The molecule has 0 amide bonds. The van der Waals surface area contributed by atoms with Crippen LogP contribution in [-0.4, -0.2) is 35.6 Å². The topological polar surface area (TPSA) is 61.7 Å². The van der Waals surface area contributed by atoms with Crippen molar-refractivity contribution in [1.29, 1.82) is 0 Å². The molecule has 1 aromatic carbocycles. The maximum absolute atomic E-state index is 9.64. The molecule has 18 heavy (non-hydrogen) atoms. The molecule has 1 aromatic rings. The van der Waals surface area contributed by atoms with E-state index in [1.807, 2.05) is 38.1 Å². The van der Waals surface area contributed by atoms with Gasteiger partial charge < -0.3 is 20.3 Å². The summed E-state index contributed by atoms with van der Waals surface area (Å²) in [4.78, 5) is 0. The fraction of sp³-hybridized carbons (Fsp3) is 0.571. The molecule has 3 N–H and O–H groups in total. The average Bonchev–Trinajstić information content (AvgIpc) is 2.37. The monoisotopic (exact) mass is 253 g/mol. The van der Waals surface area contributed by atoms with Crippen molar-refractivity contribution in [3.8, 4) is 0 Å². The van der Waals surface area contributed by atoms with Crippen molar-refractivity contribution in [3.63, 3.8) is 0 Å². The summed E-state index contributed by atoms with van der Waals surface area (Å²) in [5, 5.41) is 21.7. The van der Waals surface area contributed by atoms with Gasteiger partial charge in [0.2, 0.25) is 0 Å². The molecule has 4 nitrogen and oxygen atoms in total. The summed E-state index contributed by atoms with van der Waals surface area (Å²) in [6.07, 6.45) is -0.338. The van der Waals surface area contributed by atoms with E-state index in [1.165, 1.54) is 0 Å². The van der Waals surface area contributed by atoms with Gasteiger partial charge in [-0.3, -0.25) is 0 Å². The first-order chi connectivity index (χ1) is 8.61. The lowest BCUT2D eigenvalue weighted by Crippen LogP contribution is -2.31. The second-order valence-electron chi connectivity index (χ2n) is 4.64. The number of aliphatic hydroxyl groups excluding tert-OH is 2. The van der Waals surface area contributed by atoms with Crippen LogP contribution in [0.1, 0.15) is 25.0 Å². The minimum Gasteiger partial charge on any atom is -0.392 e. The Hall–Kier alpha value is -0.940. The molecule has 0 saturated carbocycles. The third kappa shape index (κ3) is 6.12. The van der Waals surface area contributed by atoms with E-state index in [2.05, 4.69) is 5.32 Å². The first-order valence-corrected chi connectivity index (χ1v) is 6.31. The van der Waals surface area contributed by atoms with E-state index in [-0.39, 0.29) is 12.7 Å². The third-order valence-electron chi connectivity index (χ3n) is 2.54. The Morgan fingerprint density at radius 2 is 1.78 bits per heavy atom. The number of ether oxygens (including phenoxy) is 1. The van der Waals surface area contributed by atoms with Gasteiger partial charge in [0.25, 0.3) is 0 Å². The number of hydrogen-bond donors (Lipinski definition) is 3. The van der Waals surface area contributed by atoms with Crippen LogP contribution in [0, 0.1) is 0 Å². The predicted octanol–water partition coefficient (Wildman–Crippen LogP) is 1.05. The molecule has 0 heterocycles. The maximum atomic E-state index is 9.64. The van der Waals surface area contributed by atoms with Gasteiger partial charge in [-0.25, -0.2) is 0 Å². The second kappa shape index (κ2) is 8.21. The summed E-state index contributed by atoms with van der Waals surface area (Å²) >= 11 is 0. The SMILES string of the molecule is CC(C)OCC(O)CNCc1ccc(CO)cc1. The van der Waals surface area contributed by atoms with E-state index < -0.39 is 6.10 Å². The Labute approximate surface area is 109 Å². The van der Waals surface area contributed by atoms with Crippen LogP contribution in [0.25, 0.3) is 0 Å². The van der Waals surface area contributed by atoms with Crippen LogP contribution in [0.5, 0.6) is 0 Å². The van der Waals surface area contributed by atoms with Crippen molar-refractivity contribution in [2.24, 2.45) is 0 Å². The minimum absolute atomic E-state index is 0.0684. The van der Waals surface area contributed by atoms with Crippen molar-refractivity contribution in [3.05, 3.63) is 35.4 Å². The highest BCUT2D eigenvalue weighted by Crippen LogP contribution is 2.03. The third-order valence-corrected chi connectivity index (χ3v) is 2.54. The van der Waals surface area contributed by atoms with Gasteiger partial charge in [0, 0.05) is 13.1 Å². The quantitative estimate of drug-likeness (QED) is 0.648. The van der Waals surface area contributed by atoms with Crippen LogP contribution >= 0.6 is 0 Å². The summed E-state index contributed by atoms with van der Waals surface area (Å²) < 4.78 is 5.32. The Balaban J connectivity index is 2.20. The standard InChI is InChI=1S/C14H23NO3/c1-11(2)18-10-14(17)8-15-7-12-3-5-13(9-16)6-4-12/h3-6,11,14-17H,7-10H2,1-2H3. The van der Waals surface area contributed by atoms with E-state index in [4.69, 9.17) is 9.84 Å². The number of hydrogen-bond acceptors (Lipinski definition) is 4. The Kier molecular flexibility index (Phi) is 6.90. The van der Waals surface area contributed by atoms with Crippen molar-refractivity contribution in [2.45, 2.75) is 39.2 Å². The summed E-state index contributed by atoms with van der Waals surface area (Å²) in [6, 6.07) is 7.73. The fourth-order valence-corrected chi connectivity index (χ4v) is 1.51. The largest absolute Gasteiger partial charge is 0.392 e. The van der Waals surface area contributed by atoms with Crippen LogP contribution in [0.3, 0.4) is 0 Å². The fourth-order valence-electron chi connectivity index (χ4n) is 1.51. The van der Waals surface area contributed by atoms with Crippen LogP contribution in [-0.2, 0) is 17.9 Å². The van der Waals surface area contributed by atoms with Gasteiger partial charge in [-0.05, 0) is 25.0 Å². The van der Waals surface area contributed by atoms with Crippen LogP contribution in [0.2, 0.25) is 0 Å². The van der Waals surface area contributed by atoms with Crippen molar-refractivity contribution in [1.82, 2.24) is 5.32 Å². The number of nitrogens with one attached hydrogen (secondary N) is 1. The predicted molar refractivity (Wildman–Crippen MR) is 71.2 cm³/mol. The van der Waals surface area contributed by atoms with Crippen LogP contribution in [0.4, 0.5) is 0 Å². The zero-order valence-electron chi connectivity index (χ0n) is 11.1. The number of rotatable bonds is 8. The molecule has 0 spiro atoms. The minimum atomic E-state index is -0.482. The van der Waals surface area contributed by atoms with E-state index in [9.17, 15) is 5.11 Å². The molecular weight excluding hydrogens is 230 g/mol. The van der Waals surface area contributed by atoms with Crippen LogP contribution in [0.15, 0.2) is 24.3 Å². The Bertz CT molecular complexity index is 324. The lowest BCUT2D eigenvalue weighted by molar-refractivity contribution is 0.00630. The molecule has 102 valence electrons. The number of aliphatic hydroxyl groups is 2. The first kappa shape index (κ1) is 15.1. The summed E-state index contributed by atoms with van der Waals surface area (Å²) in [7, 11) is 0. The molecule has 1 atom stereocenters. The van der Waals surface area contributed by atoms with Gasteiger partial charge in [-0.2, -0.15) is 0 Å². The molecule has 0 aliphatic carbocycles. The Morgan fingerprint density at radius 3 is 2.33 bits per heavy atom. The molecule has 0 aliphatic heterocycles. The van der Waals surface area contributed by atoms with Crippen molar-refractivity contribution in [2.75, 3.05) is 13.2 Å². The molecule has 4 heteroatoms. The molecule has 0 fully saturated rings. The van der Waals surface area contributed by atoms with Gasteiger partial charge in [-0.15, -0.1) is 0 Å². The normalized spacial score (nSPS) is 12.9. The lowest BCUT2D eigenvalue weighted by atomic mass is 10.1. The highest BCUT2D eigenvalue weighted by Gasteiger charge is 2.05. The summed E-state index contributed by atoms with van der Waals surface area (Å²) in [6.45, 7) is 5.53. The van der Waals surface area contributed by atoms with Gasteiger partial charge in [0.15, 0.2) is 0 Å². The van der Waals surface area contributed by atoms with E-state index >= 15 is 0 Å². The molecule has 0 saturated heterocycles. The molecular formula is C14H23NO3. The molecule has 0 aliphatic rings. The molecule has 1 unspecified atom stereocenters. The smallest absolute Gasteiger partial charge is 0.0897 e. The van der Waals surface area contributed by atoms with Gasteiger partial charge in [-0.1, -0.05) is 24.3 Å². The molecule has 0 bridgehead atoms. The van der Waals surface area contributed by atoms with Gasteiger partial charge in [0.05, 0.1) is 25.4 Å². The zero-order chi connectivity index (χ0) is 13.4. The summed E-state index contributed by atoms with van der Waals surface area (Å²) in [5.41, 5.74) is 2.04.